The third kappa shape index (κ3) is 4.19. The van der Waals surface area contributed by atoms with Crippen LogP contribution < -0.4 is 5.32 Å². The van der Waals surface area contributed by atoms with Gasteiger partial charge in [-0.3, -0.25) is 4.79 Å². The van der Waals surface area contributed by atoms with E-state index in [2.05, 4.69) is 5.32 Å². The predicted molar refractivity (Wildman–Crippen MR) is 92.0 cm³/mol. The zero-order valence-corrected chi connectivity index (χ0v) is 13.4. The molecule has 128 valence electrons. The fraction of sp³-hybridized carbons (Fsp3) is 0.150. The van der Waals surface area contributed by atoms with E-state index in [1.54, 1.807) is 0 Å². The van der Waals surface area contributed by atoms with Gasteiger partial charge in [0.1, 0.15) is 0 Å². The molecule has 0 heterocycles. The number of carbonyl (C=O) groups excluding carboxylic acids is 1. The molecule has 0 spiro atoms. The first-order valence-electron chi connectivity index (χ1n) is 7.90. The minimum atomic E-state index is -0.985. The summed E-state index contributed by atoms with van der Waals surface area (Å²) in [5.74, 6) is -2.30. The van der Waals surface area contributed by atoms with E-state index in [4.69, 9.17) is 0 Å². The number of nitrogens with one attached hydrogen (secondary N) is 1. The molecule has 1 amide bonds. The number of benzene rings is 3. The van der Waals surface area contributed by atoms with E-state index in [-0.39, 0.29) is 18.9 Å². The van der Waals surface area contributed by atoms with Gasteiger partial charge in [0.2, 0.25) is 5.91 Å². The lowest BCUT2D eigenvalue weighted by molar-refractivity contribution is -0.120. The zero-order chi connectivity index (χ0) is 17.8. The molecule has 3 rings (SSSR count). The van der Waals surface area contributed by atoms with Gasteiger partial charge in [0.25, 0.3) is 0 Å². The maximum absolute atomic E-state index is 13.1. The Kier molecular flexibility index (Phi) is 5.05. The lowest BCUT2D eigenvalue weighted by Gasteiger charge is -2.13. The van der Waals surface area contributed by atoms with Crippen LogP contribution in [0.5, 0.6) is 0 Å². The maximum Gasteiger partial charge on any atom is 0.224 e. The number of amides is 1. The first-order valence-corrected chi connectivity index (χ1v) is 7.90. The van der Waals surface area contributed by atoms with Gasteiger partial charge in [0.05, 0.1) is 12.5 Å². The molecule has 0 radical (unpaired) electrons. The van der Waals surface area contributed by atoms with Crippen LogP contribution >= 0.6 is 0 Å². The Labute approximate surface area is 143 Å². The fourth-order valence-electron chi connectivity index (χ4n) is 2.64. The Hall–Kier alpha value is -2.79. The summed E-state index contributed by atoms with van der Waals surface area (Å²) in [6, 6.07) is 16.7. The second kappa shape index (κ2) is 7.40. The molecule has 25 heavy (non-hydrogen) atoms. The van der Waals surface area contributed by atoms with Crippen molar-refractivity contribution in [2.45, 2.75) is 12.5 Å². The van der Waals surface area contributed by atoms with Crippen molar-refractivity contribution in [2.24, 2.45) is 0 Å². The normalized spacial score (nSPS) is 12.1. The predicted octanol–water partition coefficient (Wildman–Crippen LogP) is 3.51. The highest BCUT2D eigenvalue weighted by atomic mass is 19.2. The second-order valence-electron chi connectivity index (χ2n) is 5.85. The van der Waals surface area contributed by atoms with Crippen LogP contribution in [0.2, 0.25) is 0 Å². The summed E-state index contributed by atoms with van der Waals surface area (Å²) in [4.78, 5) is 11.9. The van der Waals surface area contributed by atoms with E-state index in [1.807, 2.05) is 42.5 Å². The molecule has 1 atom stereocenters. The molecule has 0 aliphatic carbocycles. The van der Waals surface area contributed by atoms with Crippen molar-refractivity contribution >= 4 is 16.7 Å². The van der Waals surface area contributed by atoms with Crippen LogP contribution in [0.1, 0.15) is 17.2 Å². The highest BCUT2D eigenvalue weighted by Crippen LogP contribution is 2.20. The summed E-state index contributed by atoms with van der Waals surface area (Å²) >= 11 is 0. The Morgan fingerprint density at radius 3 is 2.48 bits per heavy atom. The minimum Gasteiger partial charge on any atom is -0.387 e. The molecular weight excluding hydrogens is 324 g/mol. The molecule has 0 fully saturated rings. The standard InChI is InChI=1S/C20H17F2NO2/c21-17-8-5-13(9-18(17)22)10-20(25)23-12-19(24)16-7-6-14-3-1-2-4-15(14)11-16/h1-9,11,19,24H,10,12H2,(H,23,25). The Morgan fingerprint density at radius 1 is 0.960 bits per heavy atom. The molecule has 5 heteroatoms. The smallest absolute Gasteiger partial charge is 0.224 e. The molecule has 0 saturated heterocycles. The Morgan fingerprint density at radius 2 is 1.72 bits per heavy atom. The molecule has 3 aromatic carbocycles. The van der Waals surface area contributed by atoms with Crippen LogP contribution in [-0.2, 0) is 11.2 Å². The van der Waals surface area contributed by atoms with Crippen molar-refractivity contribution in [3.05, 3.63) is 83.4 Å². The van der Waals surface area contributed by atoms with E-state index in [9.17, 15) is 18.7 Å². The second-order valence-corrected chi connectivity index (χ2v) is 5.85. The van der Waals surface area contributed by atoms with Crippen LogP contribution in [0.3, 0.4) is 0 Å². The molecule has 0 saturated carbocycles. The van der Waals surface area contributed by atoms with E-state index < -0.39 is 17.7 Å². The summed E-state index contributed by atoms with van der Waals surface area (Å²) in [5, 5.41) is 14.9. The largest absolute Gasteiger partial charge is 0.387 e. The Balaban J connectivity index is 1.59. The van der Waals surface area contributed by atoms with Gasteiger partial charge in [-0.15, -0.1) is 0 Å². The maximum atomic E-state index is 13.1. The van der Waals surface area contributed by atoms with Crippen LogP contribution in [0.15, 0.2) is 60.7 Å². The summed E-state index contributed by atoms with van der Waals surface area (Å²) in [5.41, 5.74) is 1.07. The monoisotopic (exact) mass is 341 g/mol. The third-order valence-corrected chi connectivity index (χ3v) is 4.00. The number of halogens is 2. The van der Waals surface area contributed by atoms with E-state index in [0.717, 1.165) is 22.9 Å². The van der Waals surface area contributed by atoms with Gasteiger partial charge < -0.3 is 10.4 Å². The van der Waals surface area contributed by atoms with Crippen molar-refractivity contribution in [1.29, 1.82) is 0 Å². The average Bonchev–Trinajstić information content (AvgIpc) is 2.62. The van der Waals surface area contributed by atoms with Gasteiger partial charge in [-0.05, 0) is 40.1 Å². The van der Waals surface area contributed by atoms with Crippen molar-refractivity contribution in [2.75, 3.05) is 6.54 Å². The summed E-state index contributed by atoms with van der Waals surface area (Å²) < 4.78 is 26.0. The molecule has 0 aliphatic rings. The Bertz CT molecular complexity index is 911. The van der Waals surface area contributed by atoms with Crippen LogP contribution in [-0.4, -0.2) is 17.6 Å². The first-order chi connectivity index (χ1) is 12.0. The number of fused-ring (bicyclic) bond motifs is 1. The molecular formula is C20H17F2NO2. The van der Waals surface area contributed by atoms with Gasteiger partial charge in [-0.2, -0.15) is 0 Å². The number of carbonyl (C=O) groups is 1. The van der Waals surface area contributed by atoms with Gasteiger partial charge in [-0.25, -0.2) is 8.78 Å². The fourth-order valence-corrected chi connectivity index (χ4v) is 2.64. The van der Waals surface area contributed by atoms with Crippen molar-refractivity contribution in [1.82, 2.24) is 5.32 Å². The van der Waals surface area contributed by atoms with Crippen molar-refractivity contribution in [3.8, 4) is 0 Å². The summed E-state index contributed by atoms with van der Waals surface area (Å²) in [6.07, 6.45) is -0.930. The van der Waals surface area contributed by atoms with Gasteiger partial charge in [0, 0.05) is 6.54 Å². The number of hydrogen-bond acceptors (Lipinski definition) is 2. The molecule has 3 aromatic rings. The topological polar surface area (TPSA) is 49.3 Å². The van der Waals surface area contributed by atoms with Crippen LogP contribution in [0.4, 0.5) is 8.78 Å². The van der Waals surface area contributed by atoms with Gasteiger partial charge in [-0.1, -0.05) is 42.5 Å². The molecule has 0 bridgehead atoms. The number of aliphatic hydroxyl groups excluding tert-OH is 1. The van der Waals surface area contributed by atoms with E-state index >= 15 is 0 Å². The van der Waals surface area contributed by atoms with Gasteiger partial charge >= 0.3 is 0 Å². The lowest BCUT2D eigenvalue weighted by atomic mass is 10.0. The third-order valence-electron chi connectivity index (χ3n) is 4.00. The number of rotatable bonds is 5. The summed E-state index contributed by atoms with van der Waals surface area (Å²) in [6.45, 7) is 0.0425. The number of hydrogen-bond donors (Lipinski definition) is 2. The average molecular weight is 341 g/mol. The van der Waals surface area contributed by atoms with Crippen molar-refractivity contribution < 1.29 is 18.7 Å². The highest BCUT2D eigenvalue weighted by Gasteiger charge is 2.11. The van der Waals surface area contributed by atoms with E-state index in [1.165, 1.54) is 6.07 Å². The molecule has 0 aliphatic heterocycles. The first kappa shape index (κ1) is 17.0. The number of aliphatic hydroxyl groups is 1. The lowest BCUT2D eigenvalue weighted by Crippen LogP contribution is -2.29. The molecule has 1 unspecified atom stereocenters. The minimum absolute atomic E-state index is 0.0425. The molecule has 3 nitrogen and oxygen atoms in total. The quantitative estimate of drug-likeness (QED) is 0.746. The molecule has 2 N–H and O–H groups in total. The van der Waals surface area contributed by atoms with Crippen LogP contribution in [0.25, 0.3) is 10.8 Å². The van der Waals surface area contributed by atoms with Crippen LogP contribution in [0, 0.1) is 11.6 Å². The van der Waals surface area contributed by atoms with Crippen molar-refractivity contribution in [3.63, 3.8) is 0 Å². The zero-order valence-electron chi connectivity index (χ0n) is 13.4. The highest BCUT2D eigenvalue weighted by molar-refractivity contribution is 5.83. The van der Waals surface area contributed by atoms with E-state index in [0.29, 0.717) is 11.1 Å². The summed E-state index contributed by atoms with van der Waals surface area (Å²) in [7, 11) is 0. The SMILES string of the molecule is O=C(Cc1ccc(F)c(F)c1)NCC(O)c1ccc2ccccc2c1. The molecule has 0 aromatic heterocycles. The van der Waals surface area contributed by atoms with Gasteiger partial charge in [0.15, 0.2) is 11.6 Å².